The summed E-state index contributed by atoms with van der Waals surface area (Å²) in [4.78, 5) is 4.40. The van der Waals surface area contributed by atoms with E-state index in [1.165, 1.54) is 0 Å². The molecule has 3 aromatic rings. The first-order valence-electron chi connectivity index (χ1n) is 6.05. The molecule has 0 unspecified atom stereocenters. The molecule has 0 amide bonds. The van der Waals surface area contributed by atoms with Crippen LogP contribution in [0, 0.1) is 0 Å². The lowest BCUT2D eigenvalue weighted by atomic mass is 10.1. The van der Waals surface area contributed by atoms with Crippen LogP contribution in [0.25, 0.3) is 5.52 Å². The third-order valence-electron chi connectivity index (χ3n) is 3.13. The first kappa shape index (κ1) is 11.6. The SMILES string of the molecule is COc1ccccc1Cc1ncc2cc(O)ccn12. The van der Waals surface area contributed by atoms with E-state index in [2.05, 4.69) is 4.98 Å². The first-order valence-corrected chi connectivity index (χ1v) is 6.05. The molecule has 2 aromatic heterocycles. The molecule has 0 aliphatic carbocycles. The van der Waals surface area contributed by atoms with Crippen molar-refractivity contribution in [3.8, 4) is 11.5 Å². The Labute approximate surface area is 110 Å². The molecule has 0 bridgehead atoms. The van der Waals surface area contributed by atoms with Gasteiger partial charge in [-0.05, 0) is 12.1 Å². The molecule has 1 N–H and O–H groups in total. The van der Waals surface area contributed by atoms with Crippen molar-refractivity contribution in [3.63, 3.8) is 0 Å². The third-order valence-corrected chi connectivity index (χ3v) is 3.13. The van der Waals surface area contributed by atoms with Crippen molar-refractivity contribution >= 4 is 5.52 Å². The molecule has 0 atom stereocenters. The van der Waals surface area contributed by atoms with Crippen LogP contribution in [-0.2, 0) is 6.42 Å². The standard InChI is InChI=1S/C15H14N2O2/c1-19-14-5-3-2-4-11(14)8-15-16-10-12-9-13(18)6-7-17(12)15/h2-7,9-10,18H,8H2,1H3. The Hall–Kier alpha value is -2.49. The van der Waals surface area contributed by atoms with E-state index in [1.807, 2.05) is 34.9 Å². The molecule has 0 saturated heterocycles. The van der Waals surface area contributed by atoms with Gasteiger partial charge < -0.3 is 14.2 Å². The summed E-state index contributed by atoms with van der Waals surface area (Å²) in [6.07, 6.45) is 4.26. The van der Waals surface area contributed by atoms with E-state index in [9.17, 15) is 5.11 Å². The van der Waals surface area contributed by atoms with Crippen molar-refractivity contribution in [2.75, 3.05) is 7.11 Å². The van der Waals surface area contributed by atoms with Gasteiger partial charge in [0.1, 0.15) is 17.3 Å². The number of aromatic hydroxyl groups is 1. The maximum atomic E-state index is 9.45. The summed E-state index contributed by atoms with van der Waals surface area (Å²) >= 11 is 0. The number of pyridine rings is 1. The minimum atomic E-state index is 0.247. The van der Waals surface area contributed by atoms with Crippen LogP contribution in [0.3, 0.4) is 0 Å². The number of hydrogen-bond donors (Lipinski definition) is 1. The molecule has 4 nitrogen and oxygen atoms in total. The fourth-order valence-electron chi connectivity index (χ4n) is 2.19. The number of nitrogens with zero attached hydrogens (tertiary/aromatic N) is 2. The van der Waals surface area contributed by atoms with Crippen molar-refractivity contribution < 1.29 is 9.84 Å². The molecule has 0 saturated carbocycles. The molecule has 0 aliphatic heterocycles. The van der Waals surface area contributed by atoms with Crippen LogP contribution >= 0.6 is 0 Å². The summed E-state index contributed by atoms with van der Waals surface area (Å²) in [5.74, 6) is 2.02. The molecule has 19 heavy (non-hydrogen) atoms. The van der Waals surface area contributed by atoms with Crippen LogP contribution in [0.1, 0.15) is 11.4 Å². The second kappa shape index (κ2) is 4.65. The van der Waals surface area contributed by atoms with Crippen molar-refractivity contribution in [3.05, 3.63) is 60.2 Å². The van der Waals surface area contributed by atoms with Gasteiger partial charge in [-0.15, -0.1) is 0 Å². The van der Waals surface area contributed by atoms with Gasteiger partial charge in [-0.1, -0.05) is 18.2 Å². The Bertz CT molecular complexity index is 719. The van der Waals surface area contributed by atoms with Crippen LogP contribution in [0.4, 0.5) is 0 Å². The Kier molecular flexibility index (Phi) is 2.83. The maximum absolute atomic E-state index is 9.45. The van der Waals surface area contributed by atoms with Gasteiger partial charge in [-0.25, -0.2) is 4.98 Å². The number of rotatable bonds is 3. The fourth-order valence-corrected chi connectivity index (χ4v) is 2.19. The fraction of sp³-hybridized carbons (Fsp3) is 0.133. The molecule has 2 heterocycles. The molecule has 1 aromatic carbocycles. The Morgan fingerprint density at radius 1 is 1.26 bits per heavy atom. The van der Waals surface area contributed by atoms with Crippen LogP contribution in [0.2, 0.25) is 0 Å². The largest absolute Gasteiger partial charge is 0.508 e. The Balaban J connectivity index is 2.01. The highest BCUT2D eigenvalue weighted by atomic mass is 16.5. The van der Waals surface area contributed by atoms with E-state index in [4.69, 9.17) is 4.74 Å². The molecule has 0 aliphatic rings. The Morgan fingerprint density at radius 2 is 2.11 bits per heavy atom. The molecule has 3 rings (SSSR count). The molecule has 0 spiro atoms. The molecule has 0 radical (unpaired) electrons. The van der Waals surface area contributed by atoms with Gasteiger partial charge in [0.15, 0.2) is 0 Å². The monoisotopic (exact) mass is 254 g/mol. The highest BCUT2D eigenvalue weighted by Gasteiger charge is 2.08. The normalized spacial score (nSPS) is 10.8. The predicted molar refractivity (Wildman–Crippen MR) is 72.7 cm³/mol. The summed E-state index contributed by atoms with van der Waals surface area (Å²) in [6, 6.07) is 11.2. The number of para-hydroxylation sites is 1. The van der Waals surface area contributed by atoms with E-state index in [0.717, 1.165) is 22.7 Å². The van der Waals surface area contributed by atoms with Gasteiger partial charge >= 0.3 is 0 Å². The number of hydrogen-bond acceptors (Lipinski definition) is 3. The Morgan fingerprint density at radius 3 is 2.95 bits per heavy atom. The van der Waals surface area contributed by atoms with Gasteiger partial charge in [0.25, 0.3) is 0 Å². The minimum Gasteiger partial charge on any atom is -0.508 e. The topological polar surface area (TPSA) is 46.8 Å². The van der Waals surface area contributed by atoms with Crippen LogP contribution < -0.4 is 4.74 Å². The number of methoxy groups -OCH3 is 1. The van der Waals surface area contributed by atoms with Gasteiger partial charge in [-0.2, -0.15) is 0 Å². The lowest BCUT2D eigenvalue weighted by Gasteiger charge is -2.07. The van der Waals surface area contributed by atoms with Crippen molar-refractivity contribution in [1.29, 1.82) is 0 Å². The number of aromatic nitrogens is 2. The highest BCUT2D eigenvalue weighted by Crippen LogP contribution is 2.22. The molecule has 96 valence electrons. The van der Waals surface area contributed by atoms with Crippen molar-refractivity contribution in [1.82, 2.24) is 9.38 Å². The predicted octanol–water partition coefficient (Wildman–Crippen LogP) is 2.64. The van der Waals surface area contributed by atoms with Crippen LogP contribution in [0.5, 0.6) is 11.5 Å². The lowest BCUT2D eigenvalue weighted by molar-refractivity contribution is 0.410. The summed E-state index contributed by atoms with van der Waals surface area (Å²) in [5, 5.41) is 9.45. The highest BCUT2D eigenvalue weighted by molar-refractivity contribution is 5.50. The van der Waals surface area contributed by atoms with Crippen LogP contribution in [0.15, 0.2) is 48.8 Å². The molecule has 0 fully saturated rings. The first-order chi connectivity index (χ1) is 9.28. The summed E-state index contributed by atoms with van der Waals surface area (Å²) in [5.41, 5.74) is 1.97. The van der Waals surface area contributed by atoms with Gasteiger partial charge in [0.2, 0.25) is 0 Å². The average molecular weight is 254 g/mol. The molecular formula is C15H14N2O2. The molecule has 4 heteroatoms. The average Bonchev–Trinajstić information content (AvgIpc) is 2.82. The van der Waals surface area contributed by atoms with E-state index in [-0.39, 0.29) is 5.75 Å². The second-order valence-corrected chi connectivity index (χ2v) is 4.34. The summed E-state index contributed by atoms with van der Waals surface area (Å²) in [6.45, 7) is 0. The smallest absolute Gasteiger partial charge is 0.122 e. The van der Waals surface area contributed by atoms with E-state index >= 15 is 0 Å². The number of ether oxygens (including phenoxy) is 1. The lowest BCUT2D eigenvalue weighted by Crippen LogP contribution is -1.98. The zero-order valence-corrected chi connectivity index (χ0v) is 10.6. The maximum Gasteiger partial charge on any atom is 0.122 e. The number of fused-ring (bicyclic) bond motifs is 1. The summed E-state index contributed by atoms with van der Waals surface area (Å²) in [7, 11) is 1.67. The zero-order chi connectivity index (χ0) is 13.2. The number of benzene rings is 1. The molecular weight excluding hydrogens is 240 g/mol. The quantitative estimate of drug-likeness (QED) is 0.781. The van der Waals surface area contributed by atoms with Crippen molar-refractivity contribution in [2.45, 2.75) is 6.42 Å². The van der Waals surface area contributed by atoms with Gasteiger partial charge in [-0.3, -0.25) is 0 Å². The van der Waals surface area contributed by atoms with E-state index < -0.39 is 0 Å². The number of imidazole rings is 1. The third kappa shape index (κ3) is 2.12. The van der Waals surface area contributed by atoms with Crippen molar-refractivity contribution in [2.24, 2.45) is 0 Å². The van der Waals surface area contributed by atoms with E-state index in [0.29, 0.717) is 6.42 Å². The van der Waals surface area contributed by atoms with E-state index in [1.54, 1.807) is 25.4 Å². The summed E-state index contributed by atoms with van der Waals surface area (Å²) < 4.78 is 7.31. The second-order valence-electron chi connectivity index (χ2n) is 4.34. The van der Waals surface area contributed by atoms with Crippen LogP contribution in [-0.4, -0.2) is 21.6 Å². The van der Waals surface area contributed by atoms with Gasteiger partial charge in [0.05, 0.1) is 18.8 Å². The van der Waals surface area contributed by atoms with Gasteiger partial charge in [0, 0.05) is 24.2 Å². The minimum absolute atomic E-state index is 0.247. The zero-order valence-electron chi connectivity index (χ0n) is 10.6.